The van der Waals surface area contributed by atoms with Crippen LogP contribution < -0.4 is 10.5 Å². The summed E-state index contributed by atoms with van der Waals surface area (Å²) in [5, 5.41) is 0. The third kappa shape index (κ3) is 2.71. The molecule has 0 aromatic heterocycles. The quantitative estimate of drug-likeness (QED) is 0.676. The highest BCUT2D eigenvalue weighted by atomic mass is 16.5. The van der Waals surface area contributed by atoms with Crippen molar-refractivity contribution in [3.63, 3.8) is 0 Å². The zero-order chi connectivity index (χ0) is 8.10. The molecule has 1 amide bonds. The van der Waals surface area contributed by atoms with E-state index >= 15 is 0 Å². The largest absolute Gasteiger partial charge is 0.483 e. The Hall–Kier alpha value is -1.51. The number of para-hydroxylation sites is 1. The summed E-state index contributed by atoms with van der Waals surface area (Å²) in [5.41, 5.74) is 4.86. The van der Waals surface area contributed by atoms with Crippen LogP contribution in [-0.2, 0) is 4.79 Å². The van der Waals surface area contributed by atoms with Gasteiger partial charge in [-0.25, -0.2) is 0 Å². The zero-order valence-corrected chi connectivity index (χ0v) is 5.91. The van der Waals surface area contributed by atoms with Crippen molar-refractivity contribution < 1.29 is 9.53 Å². The molecule has 0 aliphatic rings. The van der Waals surface area contributed by atoms with Crippen LogP contribution in [0.2, 0.25) is 0 Å². The summed E-state index contributed by atoms with van der Waals surface area (Å²) in [6.07, 6.45) is 0. The van der Waals surface area contributed by atoms with Crippen molar-refractivity contribution in [1.82, 2.24) is 0 Å². The summed E-state index contributed by atoms with van der Waals surface area (Å²) < 4.78 is 4.94. The molecule has 2 N–H and O–H groups in total. The number of nitrogens with two attached hydrogens (primary N) is 1. The first-order valence-corrected chi connectivity index (χ1v) is 3.17. The summed E-state index contributed by atoms with van der Waals surface area (Å²) in [5.74, 6) is 0.0496. The molecule has 0 bridgehead atoms. The second-order valence-corrected chi connectivity index (χ2v) is 1.98. The van der Waals surface area contributed by atoms with Gasteiger partial charge in [0.15, 0.2) is 6.61 Å². The number of carbonyl (C=O) groups excluding carboxylic acids is 1. The molecule has 0 aliphatic heterocycles. The molecule has 3 heteroatoms. The lowest BCUT2D eigenvalue weighted by Gasteiger charge is -2.00. The second-order valence-electron chi connectivity index (χ2n) is 1.98. The molecule has 0 spiro atoms. The number of primary amides is 1. The van der Waals surface area contributed by atoms with E-state index in [1.54, 1.807) is 18.2 Å². The van der Waals surface area contributed by atoms with Crippen molar-refractivity contribution >= 4 is 5.91 Å². The van der Waals surface area contributed by atoms with E-state index in [2.05, 4.69) is 6.07 Å². The summed E-state index contributed by atoms with van der Waals surface area (Å²) in [6, 6.07) is 9.82. The van der Waals surface area contributed by atoms with Gasteiger partial charge >= 0.3 is 0 Å². The standard InChI is InChI=1S/C8H8NO2/c9-8(10)6-11-7-4-2-1-3-5-7/h1-4H,6H2,(H2,9,10). The molecule has 57 valence electrons. The van der Waals surface area contributed by atoms with Crippen molar-refractivity contribution in [2.45, 2.75) is 0 Å². The molecule has 1 aromatic rings. The minimum atomic E-state index is -0.484. The van der Waals surface area contributed by atoms with Crippen LogP contribution in [0.5, 0.6) is 5.75 Å². The monoisotopic (exact) mass is 150 g/mol. The van der Waals surface area contributed by atoms with E-state index in [1.165, 1.54) is 0 Å². The Morgan fingerprint density at radius 1 is 1.64 bits per heavy atom. The maximum atomic E-state index is 10.3. The van der Waals surface area contributed by atoms with Gasteiger partial charge in [0.1, 0.15) is 5.75 Å². The summed E-state index contributed by atoms with van der Waals surface area (Å²) in [6.45, 7) is -0.0967. The van der Waals surface area contributed by atoms with E-state index in [0.29, 0.717) is 5.75 Å². The van der Waals surface area contributed by atoms with E-state index in [0.717, 1.165) is 0 Å². The lowest BCUT2D eigenvalue weighted by Crippen LogP contribution is -2.19. The van der Waals surface area contributed by atoms with Gasteiger partial charge in [0.25, 0.3) is 5.91 Å². The number of rotatable bonds is 3. The molecule has 0 fully saturated rings. The van der Waals surface area contributed by atoms with Crippen LogP contribution in [0.25, 0.3) is 0 Å². The maximum Gasteiger partial charge on any atom is 0.255 e. The maximum absolute atomic E-state index is 10.3. The molecule has 3 nitrogen and oxygen atoms in total. The lowest BCUT2D eigenvalue weighted by molar-refractivity contribution is -0.119. The fourth-order valence-corrected chi connectivity index (χ4v) is 0.616. The Labute approximate surface area is 64.8 Å². The molecule has 0 aliphatic carbocycles. The van der Waals surface area contributed by atoms with Crippen LogP contribution in [0.15, 0.2) is 24.3 Å². The predicted octanol–water partition coefficient (Wildman–Crippen LogP) is 0.351. The van der Waals surface area contributed by atoms with Crippen molar-refractivity contribution in [2.75, 3.05) is 6.61 Å². The molecular formula is C8H8NO2. The van der Waals surface area contributed by atoms with Gasteiger partial charge in [-0.3, -0.25) is 4.79 Å². The van der Waals surface area contributed by atoms with Gasteiger partial charge in [0.05, 0.1) is 0 Å². The Morgan fingerprint density at radius 2 is 2.45 bits per heavy atom. The fraction of sp³-hybridized carbons (Fsp3) is 0.125. The molecule has 11 heavy (non-hydrogen) atoms. The SMILES string of the molecule is NC(=O)COc1[c]cccc1. The van der Waals surface area contributed by atoms with Crippen molar-refractivity contribution in [2.24, 2.45) is 5.73 Å². The Bertz CT molecular complexity index is 233. The molecular weight excluding hydrogens is 142 g/mol. The van der Waals surface area contributed by atoms with Gasteiger partial charge in [-0.1, -0.05) is 18.2 Å². The first-order valence-electron chi connectivity index (χ1n) is 3.17. The second kappa shape index (κ2) is 3.61. The molecule has 0 saturated heterocycles. The van der Waals surface area contributed by atoms with E-state index in [1.807, 2.05) is 6.07 Å². The smallest absolute Gasteiger partial charge is 0.255 e. The average molecular weight is 150 g/mol. The highest BCUT2D eigenvalue weighted by Crippen LogP contribution is 2.06. The minimum absolute atomic E-state index is 0.0967. The number of amides is 1. The van der Waals surface area contributed by atoms with Gasteiger partial charge < -0.3 is 10.5 Å². The van der Waals surface area contributed by atoms with Gasteiger partial charge in [0.2, 0.25) is 0 Å². The van der Waals surface area contributed by atoms with Gasteiger partial charge in [-0.2, -0.15) is 0 Å². The molecule has 0 atom stereocenters. The topological polar surface area (TPSA) is 52.3 Å². The Balaban J connectivity index is 2.45. The lowest BCUT2D eigenvalue weighted by atomic mass is 10.3. The van der Waals surface area contributed by atoms with Crippen molar-refractivity contribution in [3.8, 4) is 5.75 Å². The number of hydrogen-bond acceptors (Lipinski definition) is 2. The normalized spacial score (nSPS) is 9.09. The summed E-state index contributed by atoms with van der Waals surface area (Å²) in [7, 11) is 0. The molecule has 1 rings (SSSR count). The molecule has 0 heterocycles. The van der Waals surface area contributed by atoms with Crippen LogP contribution in [-0.4, -0.2) is 12.5 Å². The van der Waals surface area contributed by atoms with Crippen LogP contribution in [0, 0.1) is 6.07 Å². The molecule has 0 saturated carbocycles. The zero-order valence-electron chi connectivity index (χ0n) is 5.91. The van der Waals surface area contributed by atoms with E-state index in [4.69, 9.17) is 10.5 Å². The Kier molecular flexibility index (Phi) is 2.49. The van der Waals surface area contributed by atoms with E-state index in [-0.39, 0.29) is 6.61 Å². The highest BCUT2D eigenvalue weighted by molar-refractivity contribution is 5.75. The third-order valence-electron chi connectivity index (χ3n) is 1.05. The van der Waals surface area contributed by atoms with Crippen molar-refractivity contribution in [1.29, 1.82) is 0 Å². The number of benzene rings is 1. The summed E-state index contributed by atoms with van der Waals surface area (Å²) in [4.78, 5) is 10.3. The van der Waals surface area contributed by atoms with Gasteiger partial charge in [-0.15, -0.1) is 0 Å². The predicted molar refractivity (Wildman–Crippen MR) is 40.0 cm³/mol. The minimum Gasteiger partial charge on any atom is -0.483 e. The summed E-state index contributed by atoms with van der Waals surface area (Å²) >= 11 is 0. The number of ether oxygens (including phenoxy) is 1. The van der Waals surface area contributed by atoms with Gasteiger partial charge in [-0.05, 0) is 6.07 Å². The Morgan fingerprint density at radius 3 is 3.00 bits per heavy atom. The van der Waals surface area contributed by atoms with Gasteiger partial charge in [0, 0.05) is 6.07 Å². The van der Waals surface area contributed by atoms with E-state index < -0.39 is 5.91 Å². The number of hydrogen-bond donors (Lipinski definition) is 1. The first-order chi connectivity index (χ1) is 5.29. The van der Waals surface area contributed by atoms with Crippen LogP contribution in [0.1, 0.15) is 0 Å². The first kappa shape index (κ1) is 7.60. The third-order valence-corrected chi connectivity index (χ3v) is 1.05. The molecule has 1 radical (unpaired) electrons. The van der Waals surface area contributed by atoms with Crippen LogP contribution >= 0.6 is 0 Å². The van der Waals surface area contributed by atoms with E-state index in [9.17, 15) is 4.79 Å². The highest BCUT2D eigenvalue weighted by Gasteiger charge is 1.94. The van der Waals surface area contributed by atoms with Crippen LogP contribution in [0.3, 0.4) is 0 Å². The van der Waals surface area contributed by atoms with Crippen molar-refractivity contribution in [3.05, 3.63) is 30.3 Å². The average Bonchev–Trinajstić information content (AvgIpc) is 2.03. The fourth-order valence-electron chi connectivity index (χ4n) is 0.616. The molecule has 0 unspecified atom stereocenters. The molecule has 1 aromatic carbocycles. The number of carbonyl (C=O) groups is 1. The van der Waals surface area contributed by atoms with Crippen LogP contribution in [0.4, 0.5) is 0 Å².